The highest BCUT2D eigenvalue weighted by Crippen LogP contribution is 2.34. The molecule has 2 aromatic rings. The molecule has 0 spiro atoms. The second-order valence-electron chi connectivity index (χ2n) is 10.2. The van der Waals surface area contributed by atoms with Crippen LogP contribution in [0.25, 0.3) is 0 Å². The zero-order valence-electron chi connectivity index (χ0n) is 20.5. The van der Waals surface area contributed by atoms with E-state index in [1.807, 2.05) is 29.7 Å². The van der Waals surface area contributed by atoms with Gasteiger partial charge in [0.15, 0.2) is 0 Å². The molecule has 3 heterocycles. The Bertz CT molecular complexity index is 1140. The SMILES string of the molecule is Cc1cccc(N2CCN(C(=O)c3cn(C4CC4)cc(C(=O)NCC4CCCCC4)c3=O)CC2)n1. The summed E-state index contributed by atoms with van der Waals surface area (Å²) >= 11 is 0. The molecule has 2 aromatic heterocycles. The predicted molar refractivity (Wildman–Crippen MR) is 135 cm³/mol. The number of amides is 2. The average Bonchev–Trinajstić information content (AvgIpc) is 3.73. The molecular formula is C27H35N5O3. The van der Waals surface area contributed by atoms with E-state index in [1.165, 1.54) is 19.3 Å². The Morgan fingerprint density at radius 1 is 0.971 bits per heavy atom. The van der Waals surface area contributed by atoms with Crippen molar-refractivity contribution in [3.05, 3.63) is 57.6 Å². The summed E-state index contributed by atoms with van der Waals surface area (Å²) in [6.45, 7) is 4.88. The Balaban J connectivity index is 1.30. The van der Waals surface area contributed by atoms with Gasteiger partial charge in [-0.2, -0.15) is 0 Å². The van der Waals surface area contributed by atoms with Crippen molar-refractivity contribution in [2.24, 2.45) is 5.92 Å². The number of carbonyl (C=O) groups excluding carboxylic acids is 2. The van der Waals surface area contributed by atoms with E-state index in [4.69, 9.17) is 0 Å². The Morgan fingerprint density at radius 2 is 1.69 bits per heavy atom. The van der Waals surface area contributed by atoms with Crippen molar-refractivity contribution in [2.45, 2.75) is 57.9 Å². The lowest BCUT2D eigenvalue weighted by molar-refractivity contribution is 0.0744. The Morgan fingerprint density at radius 3 is 2.37 bits per heavy atom. The van der Waals surface area contributed by atoms with Crippen molar-refractivity contribution in [1.29, 1.82) is 0 Å². The van der Waals surface area contributed by atoms with Gasteiger partial charge in [-0.05, 0) is 50.7 Å². The lowest BCUT2D eigenvalue weighted by atomic mass is 9.89. The third-order valence-corrected chi connectivity index (χ3v) is 7.53. The number of nitrogens with zero attached hydrogens (tertiary/aromatic N) is 4. The van der Waals surface area contributed by atoms with Gasteiger partial charge in [-0.15, -0.1) is 0 Å². The summed E-state index contributed by atoms with van der Waals surface area (Å²) in [5, 5.41) is 2.98. The predicted octanol–water partition coefficient (Wildman–Crippen LogP) is 3.16. The van der Waals surface area contributed by atoms with Gasteiger partial charge in [0.2, 0.25) is 5.43 Å². The molecule has 0 aromatic carbocycles. The van der Waals surface area contributed by atoms with Crippen LogP contribution in [-0.2, 0) is 0 Å². The Labute approximate surface area is 206 Å². The number of aromatic nitrogens is 2. The molecule has 0 unspecified atom stereocenters. The average molecular weight is 478 g/mol. The molecule has 2 aliphatic carbocycles. The minimum absolute atomic E-state index is 0.0844. The van der Waals surface area contributed by atoms with E-state index in [0.717, 1.165) is 37.2 Å². The molecule has 8 nitrogen and oxygen atoms in total. The van der Waals surface area contributed by atoms with Crippen molar-refractivity contribution in [2.75, 3.05) is 37.6 Å². The number of nitrogens with one attached hydrogen (secondary N) is 1. The maximum Gasteiger partial charge on any atom is 0.259 e. The maximum absolute atomic E-state index is 13.4. The molecule has 5 rings (SSSR count). The summed E-state index contributed by atoms with van der Waals surface area (Å²) in [6, 6.07) is 6.19. The van der Waals surface area contributed by atoms with Crippen molar-refractivity contribution in [3.8, 4) is 0 Å². The number of piperazine rings is 1. The number of hydrogen-bond acceptors (Lipinski definition) is 5. The largest absolute Gasteiger partial charge is 0.353 e. The smallest absolute Gasteiger partial charge is 0.259 e. The molecular weight excluding hydrogens is 442 g/mol. The highest BCUT2D eigenvalue weighted by molar-refractivity contribution is 5.99. The third-order valence-electron chi connectivity index (χ3n) is 7.53. The normalized spacial score (nSPS) is 19.0. The zero-order valence-corrected chi connectivity index (χ0v) is 20.5. The topological polar surface area (TPSA) is 87.5 Å². The number of pyridine rings is 2. The van der Waals surface area contributed by atoms with Gasteiger partial charge >= 0.3 is 0 Å². The number of rotatable bonds is 6. The molecule has 1 aliphatic heterocycles. The number of carbonyl (C=O) groups is 2. The second-order valence-corrected chi connectivity index (χ2v) is 10.2. The summed E-state index contributed by atoms with van der Waals surface area (Å²) in [5.41, 5.74) is 0.682. The summed E-state index contributed by atoms with van der Waals surface area (Å²) in [5.74, 6) is 0.732. The molecule has 3 fully saturated rings. The van der Waals surface area contributed by atoms with Gasteiger partial charge in [-0.3, -0.25) is 14.4 Å². The fourth-order valence-electron chi connectivity index (χ4n) is 5.23. The van der Waals surface area contributed by atoms with Crippen LogP contribution in [0.3, 0.4) is 0 Å². The minimum Gasteiger partial charge on any atom is -0.353 e. The summed E-state index contributed by atoms with van der Waals surface area (Å²) in [6.07, 6.45) is 11.2. The first kappa shape index (κ1) is 23.6. The van der Waals surface area contributed by atoms with Crippen molar-refractivity contribution < 1.29 is 9.59 Å². The van der Waals surface area contributed by atoms with Gasteiger partial charge in [0, 0.05) is 56.9 Å². The lowest BCUT2D eigenvalue weighted by Gasteiger charge is -2.35. The molecule has 2 saturated carbocycles. The highest BCUT2D eigenvalue weighted by atomic mass is 16.2. The summed E-state index contributed by atoms with van der Waals surface area (Å²) in [7, 11) is 0. The van der Waals surface area contributed by atoms with Crippen LogP contribution in [-0.4, -0.2) is 59.0 Å². The van der Waals surface area contributed by atoms with Crippen LogP contribution in [0.2, 0.25) is 0 Å². The first-order valence-corrected chi connectivity index (χ1v) is 13.0. The van der Waals surface area contributed by atoms with Gasteiger partial charge in [-0.1, -0.05) is 25.3 Å². The van der Waals surface area contributed by atoms with Gasteiger partial charge in [-0.25, -0.2) is 4.98 Å². The summed E-state index contributed by atoms with van der Waals surface area (Å²) in [4.78, 5) is 48.3. The van der Waals surface area contributed by atoms with Crippen molar-refractivity contribution in [3.63, 3.8) is 0 Å². The molecule has 2 amide bonds. The van der Waals surface area contributed by atoms with Crippen molar-refractivity contribution >= 4 is 17.6 Å². The molecule has 8 heteroatoms. The first-order chi connectivity index (χ1) is 17.0. The third kappa shape index (κ3) is 5.41. The van der Waals surface area contributed by atoms with Crippen LogP contribution >= 0.6 is 0 Å². The van der Waals surface area contributed by atoms with E-state index in [9.17, 15) is 14.4 Å². The molecule has 1 saturated heterocycles. The van der Waals surface area contributed by atoms with Crippen molar-refractivity contribution in [1.82, 2.24) is 19.8 Å². The molecule has 186 valence electrons. The van der Waals surface area contributed by atoms with E-state index < -0.39 is 5.43 Å². The lowest BCUT2D eigenvalue weighted by Crippen LogP contribution is -2.50. The molecule has 0 bridgehead atoms. The minimum atomic E-state index is -0.462. The molecule has 3 aliphatic rings. The van der Waals surface area contributed by atoms with Gasteiger partial charge < -0.3 is 19.7 Å². The molecule has 1 N–H and O–H groups in total. The Hall–Kier alpha value is -3.16. The van der Waals surface area contributed by atoms with Crippen LogP contribution in [0.15, 0.2) is 35.4 Å². The van der Waals surface area contributed by atoms with Gasteiger partial charge in [0.25, 0.3) is 11.8 Å². The van der Waals surface area contributed by atoms with Crippen LogP contribution in [0.1, 0.15) is 77.4 Å². The zero-order chi connectivity index (χ0) is 24.4. The highest BCUT2D eigenvalue weighted by Gasteiger charge is 2.30. The van der Waals surface area contributed by atoms with Crippen LogP contribution in [0.5, 0.6) is 0 Å². The second kappa shape index (κ2) is 10.2. The van der Waals surface area contributed by atoms with E-state index in [1.54, 1.807) is 17.3 Å². The number of aryl methyl sites for hydroxylation is 1. The number of anilines is 1. The van der Waals surface area contributed by atoms with E-state index >= 15 is 0 Å². The fraction of sp³-hybridized carbons (Fsp3) is 0.556. The molecule has 0 radical (unpaired) electrons. The van der Waals surface area contributed by atoms with E-state index in [-0.39, 0.29) is 29.0 Å². The fourth-order valence-corrected chi connectivity index (χ4v) is 5.23. The summed E-state index contributed by atoms with van der Waals surface area (Å²) < 4.78 is 1.90. The Kier molecular flexibility index (Phi) is 6.88. The molecule has 0 atom stereocenters. The van der Waals surface area contributed by atoms with E-state index in [0.29, 0.717) is 38.6 Å². The van der Waals surface area contributed by atoms with Crippen LogP contribution < -0.4 is 15.6 Å². The van der Waals surface area contributed by atoms with E-state index in [2.05, 4.69) is 15.2 Å². The molecule has 35 heavy (non-hydrogen) atoms. The number of hydrogen-bond donors (Lipinski definition) is 1. The standard InChI is InChI=1S/C27H35N5O3/c1-19-6-5-9-24(29-19)30-12-14-31(15-13-30)27(35)23-18-32(21-10-11-21)17-22(25(23)33)26(34)28-16-20-7-3-2-4-8-20/h5-6,9,17-18,20-21H,2-4,7-8,10-16H2,1H3,(H,28,34). The maximum atomic E-state index is 13.4. The van der Waals surface area contributed by atoms with Crippen LogP contribution in [0.4, 0.5) is 5.82 Å². The quantitative estimate of drug-likeness (QED) is 0.691. The van der Waals surface area contributed by atoms with Gasteiger partial charge in [0.05, 0.1) is 0 Å². The monoisotopic (exact) mass is 477 g/mol. The van der Waals surface area contributed by atoms with Crippen LogP contribution in [0, 0.1) is 12.8 Å². The van der Waals surface area contributed by atoms with Gasteiger partial charge in [0.1, 0.15) is 16.9 Å². The first-order valence-electron chi connectivity index (χ1n) is 13.0.